The van der Waals surface area contributed by atoms with Gasteiger partial charge in [-0.2, -0.15) is 13.2 Å². The number of rotatable bonds is 6. The summed E-state index contributed by atoms with van der Waals surface area (Å²) in [7, 11) is 1.57. The highest BCUT2D eigenvalue weighted by atomic mass is 19.4. The Morgan fingerprint density at radius 1 is 1.19 bits per heavy atom. The maximum Gasteiger partial charge on any atom is 0.390 e. The highest BCUT2D eigenvalue weighted by Gasteiger charge is 2.26. The number of alkyl halides is 3. The van der Waals surface area contributed by atoms with Crippen LogP contribution in [0.5, 0.6) is 0 Å². The normalized spacial score (nSPS) is 18.8. The predicted molar refractivity (Wildman–Crippen MR) is 79.5 cm³/mol. The topological polar surface area (TPSA) is 39.7 Å². The molecule has 21 heavy (non-hydrogen) atoms. The zero-order valence-corrected chi connectivity index (χ0v) is 13.0. The Hall–Kier alpha value is -0.980. The second-order valence-electron chi connectivity index (χ2n) is 5.46. The predicted octanol–water partition coefficient (Wildman–Crippen LogP) is 2.23. The van der Waals surface area contributed by atoms with Gasteiger partial charge in [0.2, 0.25) is 0 Å². The molecule has 0 spiro atoms. The van der Waals surface area contributed by atoms with Crippen LogP contribution in [0.3, 0.4) is 0 Å². The van der Waals surface area contributed by atoms with E-state index < -0.39 is 12.6 Å². The van der Waals surface area contributed by atoms with E-state index in [0.29, 0.717) is 11.9 Å². The zero-order valence-electron chi connectivity index (χ0n) is 13.0. The number of guanidine groups is 1. The number of hydrogen-bond donors (Lipinski definition) is 2. The quantitative estimate of drug-likeness (QED) is 0.584. The van der Waals surface area contributed by atoms with Crippen molar-refractivity contribution >= 4 is 5.96 Å². The van der Waals surface area contributed by atoms with Crippen molar-refractivity contribution in [3.63, 3.8) is 0 Å². The van der Waals surface area contributed by atoms with Crippen LogP contribution in [-0.4, -0.2) is 56.8 Å². The Morgan fingerprint density at radius 2 is 1.81 bits per heavy atom. The van der Waals surface area contributed by atoms with E-state index >= 15 is 0 Å². The number of hydrogen-bond acceptors (Lipinski definition) is 2. The first-order valence-electron chi connectivity index (χ1n) is 7.68. The summed E-state index contributed by atoms with van der Waals surface area (Å²) in [5.74, 6) is 1.15. The summed E-state index contributed by atoms with van der Waals surface area (Å²) in [6.45, 7) is 6.21. The van der Waals surface area contributed by atoms with Gasteiger partial charge in [0.15, 0.2) is 5.96 Å². The number of nitrogens with one attached hydrogen (secondary N) is 2. The van der Waals surface area contributed by atoms with E-state index in [-0.39, 0.29) is 6.54 Å². The number of piperidine rings is 1. The highest BCUT2D eigenvalue weighted by Crippen LogP contribution is 2.19. The summed E-state index contributed by atoms with van der Waals surface area (Å²) < 4.78 is 36.2. The Kier molecular flexibility index (Phi) is 7.85. The maximum absolute atomic E-state index is 12.1. The van der Waals surface area contributed by atoms with Gasteiger partial charge >= 0.3 is 6.18 Å². The Labute approximate surface area is 125 Å². The zero-order chi connectivity index (χ0) is 15.7. The van der Waals surface area contributed by atoms with Crippen molar-refractivity contribution in [3.8, 4) is 0 Å². The van der Waals surface area contributed by atoms with Crippen molar-refractivity contribution < 1.29 is 13.2 Å². The van der Waals surface area contributed by atoms with Gasteiger partial charge in [-0.1, -0.05) is 6.92 Å². The van der Waals surface area contributed by atoms with Crippen LogP contribution in [-0.2, 0) is 0 Å². The third-order valence-corrected chi connectivity index (χ3v) is 3.92. The van der Waals surface area contributed by atoms with Gasteiger partial charge in [-0.15, -0.1) is 0 Å². The molecule has 1 saturated heterocycles. The van der Waals surface area contributed by atoms with E-state index in [4.69, 9.17) is 0 Å². The molecular formula is C14H27F3N4. The van der Waals surface area contributed by atoms with E-state index in [0.717, 1.165) is 32.6 Å². The van der Waals surface area contributed by atoms with E-state index in [1.165, 1.54) is 12.8 Å². The number of nitrogens with zero attached hydrogens (tertiary/aromatic N) is 2. The fourth-order valence-corrected chi connectivity index (χ4v) is 2.53. The smallest absolute Gasteiger partial charge is 0.356 e. The molecule has 1 fully saturated rings. The Balaban J connectivity index is 2.12. The van der Waals surface area contributed by atoms with Crippen molar-refractivity contribution in [3.05, 3.63) is 0 Å². The summed E-state index contributed by atoms with van der Waals surface area (Å²) in [6.07, 6.45) is -1.52. The molecule has 2 N–H and O–H groups in total. The lowest BCUT2D eigenvalue weighted by Gasteiger charge is -2.31. The Bertz CT molecular complexity index is 310. The van der Waals surface area contributed by atoms with E-state index in [2.05, 4.69) is 27.4 Å². The molecule has 1 aliphatic heterocycles. The minimum absolute atomic E-state index is 0.141. The lowest BCUT2D eigenvalue weighted by Crippen LogP contribution is -2.40. The molecule has 0 saturated carbocycles. The number of aliphatic imine (C=N–C) groups is 1. The molecule has 1 aliphatic rings. The number of halogens is 3. The monoisotopic (exact) mass is 308 g/mol. The first kappa shape index (κ1) is 18.1. The van der Waals surface area contributed by atoms with Crippen molar-refractivity contribution in [2.24, 2.45) is 10.9 Å². The number of likely N-dealkylation sites (tertiary alicyclic amines) is 1. The third kappa shape index (κ3) is 8.14. The summed E-state index contributed by atoms with van der Waals surface area (Å²) in [4.78, 5) is 6.38. The van der Waals surface area contributed by atoms with Crippen LogP contribution < -0.4 is 10.6 Å². The molecule has 0 amide bonds. The van der Waals surface area contributed by atoms with E-state index in [1.54, 1.807) is 7.05 Å². The first-order chi connectivity index (χ1) is 9.94. The van der Waals surface area contributed by atoms with Crippen molar-refractivity contribution in [1.82, 2.24) is 15.5 Å². The van der Waals surface area contributed by atoms with E-state index in [1.807, 2.05) is 0 Å². The molecule has 4 nitrogen and oxygen atoms in total. The van der Waals surface area contributed by atoms with Crippen LogP contribution in [0.15, 0.2) is 4.99 Å². The Morgan fingerprint density at radius 3 is 2.33 bits per heavy atom. The molecule has 0 aromatic heterocycles. The van der Waals surface area contributed by atoms with Crippen LogP contribution in [0.2, 0.25) is 0 Å². The van der Waals surface area contributed by atoms with Crippen molar-refractivity contribution in [1.29, 1.82) is 0 Å². The molecule has 0 radical (unpaired) electrons. The van der Waals surface area contributed by atoms with Gasteiger partial charge in [-0.3, -0.25) is 4.99 Å². The van der Waals surface area contributed by atoms with Crippen molar-refractivity contribution in [2.45, 2.75) is 38.8 Å². The average molecular weight is 308 g/mol. The summed E-state index contributed by atoms with van der Waals surface area (Å²) in [5.41, 5.74) is 0. The second-order valence-corrected chi connectivity index (χ2v) is 5.46. The van der Waals surface area contributed by atoms with Gasteiger partial charge in [-0.05, 0) is 44.8 Å². The molecule has 1 rings (SSSR count). The highest BCUT2D eigenvalue weighted by molar-refractivity contribution is 5.79. The van der Waals surface area contributed by atoms with Gasteiger partial charge in [0.05, 0.1) is 6.42 Å². The maximum atomic E-state index is 12.1. The standard InChI is InChI=1S/C14H27F3N4/c1-3-21-10-5-12(6-11-21)4-8-19-13(18-2)20-9-7-14(15,16)17/h12H,3-11H2,1-2H3,(H2,18,19,20). The average Bonchev–Trinajstić information content (AvgIpc) is 2.45. The molecule has 0 bridgehead atoms. The molecule has 0 unspecified atom stereocenters. The third-order valence-electron chi connectivity index (χ3n) is 3.92. The molecule has 124 valence electrons. The van der Waals surface area contributed by atoms with Gasteiger partial charge in [0.25, 0.3) is 0 Å². The molecule has 0 aromatic carbocycles. The van der Waals surface area contributed by atoms with E-state index in [9.17, 15) is 13.2 Å². The molecular weight excluding hydrogens is 281 g/mol. The van der Waals surface area contributed by atoms with Crippen LogP contribution in [0.25, 0.3) is 0 Å². The van der Waals surface area contributed by atoms with Gasteiger partial charge < -0.3 is 15.5 Å². The second kappa shape index (κ2) is 9.12. The first-order valence-corrected chi connectivity index (χ1v) is 7.68. The summed E-state index contributed by atoms with van der Waals surface area (Å²) in [6, 6.07) is 0. The summed E-state index contributed by atoms with van der Waals surface area (Å²) in [5, 5.41) is 5.78. The SMILES string of the molecule is CCN1CCC(CCNC(=NC)NCCC(F)(F)F)CC1. The van der Waals surface area contributed by atoms with Crippen LogP contribution in [0.1, 0.15) is 32.6 Å². The molecule has 1 heterocycles. The largest absolute Gasteiger partial charge is 0.390 e. The fourth-order valence-electron chi connectivity index (χ4n) is 2.53. The van der Waals surface area contributed by atoms with Crippen LogP contribution >= 0.6 is 0 Å². The lowest BCUT2D eigenvalue weighted by atomic mass is 9.93. The van der Waals surface area contributed by atoms with Crippen LogP contribution in [0, 0.1) is 5.92 Å². The van der Waals surface area contributed by atoms with Gasteiger partial charge in [0, 0.05) is 20.1 Å². The van der Waals surface area contributed by atoms with Crippen molar-refractivity contribution in [2.75, 3.05) is 39.8 Å². The molecule has 0 aromatic rings. The van der Waals surface area contributed by atoms with Gasteiger partial charge in [-0.25, -0.2) is 0 Å². The van der Waals surface area contributed by atoms with Crippen LogP contribution in [0.4, 0.5) is 13.2 Å². The molecule has 7 heteroatoms. The summed E-state index contributed by atoms with van der Waals surface area (Å²) >= 11 is 0. The van der Waals surface area contributed by atoms with Gasteiger partial charge in [0.1, 0.15) is 0 Å². The molecule has 0 atom stereocenters. The lowest BCUT2D eigenvalue weighted by molar-refractivity contribution is -0.132. The fraction of sp³-hybridized carbons (Fsp3) is 0.929. The minimum atomic E-state index is -4.13. The minimum Gasteiger partial charge on any atom is -0.356 e. The molecule has 0 aliphatic carbocycles.